The van der Waals surface area contributed by atoms with E-state index in [0.717, 1.165) is 31.3 Å². The van der Waals surface area contributed by atoms with Crippen LogP contribution in [0.25, 0.3) is 10.2 Å². The van der Waals surface area contributed by atoms with Crippen LogP contribution in [-0.4, -0.2) is 52.9 Å². The van der Waals surface area contributed by atoms with Gasteiger partial charge < -0.3 is 20.1 Å². The highest BCUT2D eigenvalue weighted by atomic mass is 32.1. The molecule has 0 fully saturated rings. The number of rotatable bonds is 7. The van der Waals surface area contributed by atoms with Crippen molar-refractivity contribution < 1.29 is 45.8 Å². The van der Waals surface area contributed by atoms with E-state index in [0.29, 0.717) is 20.9 Å². The molecule has 1 atom stereocenters. The Hall–Kier alpha value is -3.39. The molecule has 14 heteroatoms. The maximum Gasteiger partial charge on any atom is 0.573 e. The Balaban J connectivity index is 1.67. The molecular weight excluding hydrogens is 504 g/mol. The Morgan fingerprint density at radius 1 is 1.06 bits per heavy atom. The molecule has 2 N–H and O–H groups in total. The van der Waals surface area contributed by atoms with Gasteiger partial charge in [-0.1, -0.05) is 12.1 Å². The summed E-state index contributed by atoms with van der Waals surface area (Å²) in [5.41, 5.74) is -3.29. The van der Waals surface area contributed by atoms with E-state index >= 15 is 0 Å². The Morgan fingerprint density at radius 3 is 2.26 bits per heavy atom. The van der Waals surface area contributed by atoms with E-state index in [4.69, 9.17) is 0 Å². The van der Waals surface area contributed by atoms with Gasteiger partial charge in [0.2, 0.25) is 17.4 Å². The molecule has 0 saturated heterocycles. The van der Waals surface area contributed by atoms with Crippen LogP contribution in [0.4, 0.5) is 32.0 Å². The first-order valence-corrected chi connectivity index (χ1v) is 10.5. The lowest BCUT2D eigenvalue weighted by molar-refractivity contribution is -0.274. The minimum absolute atomic E-state index is 0.0617. The van der Waals surface area contributed by atoms with Gasteiger partial charge >= 0.3 is 12.5 Å². The molecule has 0 bridgehead atoms. The zero-order valence-electron chi connectivity index (χ0n) is 17.8. The first kappa shape index (κ1) is 26.2. The lowest BCUT2D eigenvalue weighted by Crippen LogP contribution is -2.47. The number of anilines is 1. The number of thiazole rings is 1. The summed E-state index contributed by atoms with van der Waals surface area (Å²) in [5.74, 6) is -2.54. The highest BCUT2D eigenvalue weighted by Gasteiger charge is 2.58. The number of nitrogens with one attached hydrogen (secondary N) is 1. The fraction of sp³-hybridized carbons (Fsp3) is 0.286. The third kappa shape index (κ3) is 6.39. The first-order chi connectivity index (χ1) is 16.2. The van der Waals surface area contributed by atoms with Gasteiger partial charge in [-0.15, -0.1) is 24.5 Å². The molecule has 0 unspecified atom stereocenters. The number of carbonyl (C=O) groups is 2. The molecule has 3 aromatic rings. The van der Waals surface area contributed by atoms with Crippen LogP contribution in [0.5, 0.6) is 5.75 Å². The second-order valence-corrected chi connectivity index (χ2v) is 8.42. The predicted molar refractivity (Wildman–Crippen MR) is 114 cm³/mol. The van der Waals surface area contributed by atoms with Gasteiger partial charge in [-0.2, -0.15) is 13.2 Å². The van der Waals surface area contributed by atoms with Crippen LogP contribution < -0.4 is 10.1 Å². The largest absolute Gasteiger partial charge is 0.573 e. The fourth-order valence-electron chi connectivity index (χ4n) is 2.94. The zero-order valence-corrected chi connectivity index (χ0v) is 18.6. The zero-order chi connectivity index (χ0) is 26.0. The number of nitrogens with zero attached hydrogens (tertiary/aromatic N) is 2. The number of aromatic nitrogens is 1. The van der Waals surface area contributed by atoms with Gasteiger partial charge in [0.05, 0.1) is 23.2 Å². The maximum atomic E-state index is 13.8. The summed E-state index contributed by atoms with van der Waals surface area (Å²) in [4.78, 5) is 29.2. The minimum atomic E-state index is -5.24. The number of para-hydroxylation sites is 1. The quantitative estimate of drug-likeness (QED) is 0.449. The number of alkyl halides is 6. The Morgan fingerprint density at radius 2 is 1.69 bits per heavy atom. The van der Waals surface area contributed by atoms with Crippen molar-refractivity contribution in [3.63, 3.8) is 0 Å². The van der Waals surface area contributed by atoms with Crippen molar-refractivity contribution >= 4 is 39.1 Å². The third-order valence-corrected chi connectivity index (χ3v) is 5.89. The number of fused-ring (bicyclic) bond motifs is 1. The molecule has 35 heavy (non-hydrogen) atoms. The summed E-state index contributed by atoms with van der Waals surface area (Å²) in [5, 5.41) is 12.1. The van der Waals surface area contributed by atoms with Crippen molar-refractivity contribution in [1.29, 1.82) is 0 Å². The van der Waals surface area contributed by atoms with Crippen LogP contribution in [-0.2, 0) is 15.2 Å². The molecule has 0 spiro atoms. The highest BCUT2D eigenvalue weighted by Crippen LogP contribution is 2.44. The number of hydrogen-bond donors (Lipinski definition) is 2. The van der Waals surface area contributed by atoms with Crippen LogP contribution in [0.15, 0.2) is 48.5 Å². The molecule has 7 nitrogen and oxygen atoms in total. The number of halogens is 6. The van der Waals surface area contributed by atoms with Gasteiger partial charge in [0.1, 0.15) is 10.8 Å². The molecule has 0 saturated carbocycles. The molecule has 2 amide bonds. The van der Waals surface area contributed by atoms with E-state index in [1.165, 1.54) is 12.1 Å². The number of amides is 2. The Kier molecular flexibility index (Phi) is 7.26. The number of ether oxygens (including phenoxy) is 1. The normalized spacial score (nSPS) is 13.8. The summed E-state index contributed by atoms with van der Waals surface area (Å²) < 4.78 is 82.1. The average Bonchev–Trinajstić information content (AvgIpc) is 3.18. The van der Waals surface area contributed by atoms with Gasteiger partial charge in [-0.3, -0.25) is 9.59 Å². The molecule has 1 heterocycles. The summed E-state index contributed by atoms with van der Waals surface area (Å²) in [6.45, 7) is -0.687. The first-order valence-electron chi connectivity index (χ1n) is 9.73. The Labute approximate surface area is 197 Å². The second kappa shape index (κ2) is 9.70. The minimum Gasteiger partial charge on any atom is -0.406 e. The van der Waals surface area contributed by atoms with Crippen molar-refractivity contribution in [3.8, 4) is 5.75 Å². The van der Waals surface area contributed by atoms with Crippen molar-refractivity contribution in [2.75, 3.05) is 18.9 Å². The van der Waals surface area contributed by atoms with Crippen LogP contribution in [0.1, 0.15) is 11.4 Å². The van der Waals surface area contributed by atoms with E-state index in [1.54, 1.807) is 12.1 Å². The van der Waals surface area contributed by atoms with Gasteiger partial charge in [0.15, 0.2) is 0 Å². The van der Waals surface area contributed by atoms with Gasteiger partial charge in [-0.25, -0.2) is 4.98 Å². The number of hydrogen-bond acceptors (Lipinski definition) is 6. The second-order valence-electron chi connectivity index (χ2n) is 7.39. The number of likely N-dealkylation sites (N-methyl/N-ethyl adjacent to an activating group) is 1. The third-order valence-electron chi connectivity index (χ3n) is 4.70. The summed E-state index contributed by atoms with van der Waals surface area (Å²) in [6.07, 6.45) is -11.5. The van der Waals surface area contributed by atoms with Crippen LogP contribution in [0.3, 0.4) is 0 Å². The van der Waals surface area contributed by atoms with Crippen LogP contribution in [0.2, 0.25) is 0 Å². The SMILES string of the molecule is CN(CC(=O)Nc1ccc(OC(F)(F)F)cc1)C(=O)C[C@@](O)(c1nc2ccccc2s1)C(F)(F)F. The van der Waals surface area contributed by atoms with E-state index < -0.39 is 53.7 Å². The van der Waals surface area contributed by atoms with E-state index in [1.807, 2.05) is 0 Å². The van der Waals surface area contributed by atoms with Crippen LogP contribution >= 0.6 is 11.3 Å². The molecule has 188 valence electrons. The van der Waals surface area contributed by atoms with Gasteiger partial charge in [0, 0.05) is 12.7 Å². The maximum absolute atomic E-state index is 13.8. The molecule has 3 rings (SSSR count). The Bertz CT molecular complexity index is 1180. The lowest BCUT2D eigenvalue weighted by Gasteiger charge is -2.29. The number of benzene rings is 2. The molecular formula is C21H17F6N3O4S. The molecule has 0 aliphatic rings. The lowest BCUT2D eigenvalue weighted by atomic mass is 9.99. The molecule has 2 aromatic carbocycles. The fourth-order valence-corrected chi connectivity index (χ4v) is 4.02. The summed E-state index contributed by atoms with van der Waals surface area (Å²) in [6, 6.07) is 10.2. The van der Waals surface area contributed by atoms with Gasteiger partial charge in [-0.05, 0) is 36.4 Å². The van der Waals surface area contributed by atoms with Gasteiger partial charge in [0.25, 0.3) is 0 Å². The molecule has 0 radical (unpaired) electrons. The average molecular weight is 521 g/mol. The smallest absolute Gasteiger partial charge is 0.406 e. The summed E-state index contributed by atoms with van der Waals surface area (Å²) in [7, 11) is 1.07. The van der Waals surface area contributed by atoms with Crippen LogP contribution in [0, 0.1) is 0 Å². The van der Waals surface area contributed by atoms with Crippen molar-refractivity contribution in [3.05, 3.63) is 53.5 Å². The molecule has 0 aliphatic carbocycles. The monoisotopic (exact) mass is 521 g/mol. The van der Waals surface area contributed by atoms with E-state index in [-0.39, 0.29) is 11.2 Å². The van der Waals surface area contributed by atoms with Crippen molar-refractivity contribution in [1.82, 2.24) is 9.88 Å². The number of carbonyl (C=O) groups excluding carboxylic acids is 2. The summed E-state index contributed by atoms with van der Waals surface area (Å²) >= 11 is 0.593. The highest BCUT2D eigenvalue weighted by molar-refractivity contribution is 7.18. The van der Waals surface area contributed by atoms with E-state index in [9.17, 15) is 41.0 Å². The van der Waals surface area contributed by atoms with Crippen molar-refractivity contribution in [2.45, 2.75) is 24.6 Å². The number of aliphatic hydroxyl groups is 1. The predicted octanol–water partition coefficient (Wildman–Crippen LogP) is 4.43. The molecule has 1 aromatic heterocycles. The van der Waals surface area contributed by atoms with E-state index in [2.05, 4.69) is 15.0 Å². The topological polar surface area (TPSA) is 91.8 Å². The standard InChI is InChI=1S/C21H17F6N3O4S/c1-30(11-16(31)28-12-6-8-13(9-7-12)34-21(25,26)27)17(32)10-19(33,20(22,23)24)18-29-14-4-2-3-5-15(14)35-18/h2-9,33H,10-11H2,1H3,(H,28,31)/t19-/m1/s1. The van der Waals surface area contributed by atoms with Crippen molar-refractivity contribution in [2.24, 2.45) is 0 Å². The molecule has 0 aliphatic heterocycles.